The lowest BCUT2D eigenvalue weighted by atomic mass is 10.1. The smallest absolute Gasteiger partial charge is 0.233 e. The third kappa shape index (κ3) is 3.90. The summed E-state index contributed by atoms with van der Waals surface area (Å²) in [7, 11) is 0. The molecule has 4 N–H and O–H groups in total. The molecule has 0 fully saturated rings. The number of thioether (sulfide) groups is 1. The molecule has 0 aliphatic carbocycles. The van der Waals surface area contributed by atoms with Crippen LogP contribution in [0.4, 0.5) is 0 Å². The molecule has 0 aromatic heterocycles. The van der Waals surface area contributed by atoms with Crippen LogP contribution in [0.25, 0.3) is 0 Å². The van der Waals surface area contributed by atoms with E-state index < -0.39 is 0 Å². The molecule has 1 aromatic rings. The third-order valence-corrected chi connectivity index (χ3v) is 4.54. The number of fused-ring (bicyclic) bond motifs is 1. The van der Waals surface area contributed by atoms with E-state index in [2.05, 4.69) is 22.6 Å². The maximum absolute atomic E-state index is 12.0. The Bertz CT molecular complexity index is 480. The van der Waals surface area contributed by atoms with Gasteiger partial charge in [-0.05, 0) is 30.9 Å². The van der Waals surface area contributed by atoms with Crippen molar-refractivity contribution in [1.82, 2.24) is 5.32 Å². The molecule has 0 spiro atoms. The van der Waals surface area contributed by atoms with Crippen molar-refractivity contribution in [2.75, 3.05) is 6.54 Å². The van der Waals surface area contributed by atoms with Crippen molar-refractivity contribution in [2.24, 2.45) is 10.9 Å². The first-order valence-corrected chi connectivity index (χ1v) is 7.57. The van der Waals surface area contributed by atoms with Gasteiger partial charge in [-0.2, -0.15) is 0 Å². The quantitative estimate of drug-likeness (QED) is 0.245. The summed E-state index contributed by atoms with van der Waals surface area (Å²) in [5.41, 5.74) is 6.63. The third-order valence-electron chi connectivity index (χ3n) is 3.23. The van der Waals surface area contributed by atoms with Crippen LogP contribution in [-0.4, -0.2) is 28.7 Å². The minimum atomic E-state index is -0.0172. The number of hydrogen-bond donors (Lipinski definition) is 3. The second kappa shape index (κ2) is 7.19. The molecule has 1 unspecified atom stereocenters. The Morgan fingerprint density at radius 2 is 2.25 bits per heavy atom. The van der Waals surface area contributed by atoms with Gasteiger partial charge in [-0.3, -0.25) is 4.79 Å². The molecule has 0 saturated carbocycles. The number of amides is 1. The number of nitrogens with two attached hydrogens (primary N) is 1. The molecular formula is C14H19N3O2S. The summed E-state index contributed by atoms with van der Waals surface area (Å²) in [5.74, 6) is 0.327. The van der Waals surface area contributed by atoms with Gasteiger partial charge in [-0.15, -0.1) is 11.8 Å². The van der Waals surface area contributed by atoms with E-state index in [1.54, 1.807) is 11.8 Å². The normalized spacial score (nSPS) is 17.8. The molecule has 20 heavy (non-hydrogen) atoms. The molecule has 1 atom stereocenters. The molecule has 5 nitrogen and oxygen atoms in total. The number of oxime groups is 1. The summed E-state index contributed by atoms with van der Waals surface area (Å²) in [6, 6.07) is 8.14. The maximum Gasteiger partial charge on any atom is 0.233 e. The van der Waals surface area contributed by atoms with E-state index >= 15 is 0 Å². The average Bonchev–Trinajstić information content (AvgIpc) is 2.90. The maximum atomic E-state index is 12.0. The van der Waals surface area contributed by atoms with Crippen LogP contribution in [0.1, 0.15) is 24.8 Å². The Morgan fingerprint density at radius 1 is 1.45 bits per heavy atom. The van der Waals surface area contributed by atoms with Gasteiger partial charge >= 0.3 is 0 Å². The first-order chi connectivity index (χ1) is 9.70. The highest BCUT2D eigenvalue weighted by Gasteiger charge is 2.27. The zero-order valence-electron chi connectivity index (χ0n) is 11.2. The fourth-order valence-corrected chi connectivity index (χ4v) is 3.35. The molecule has 2 rings (SSSR count). The first-order valence-electron chi connectivity index (χ1n) is 6.69. The molecule has 0 radical (unpaired) electrons. The minimum Gasteiger partial charge on any atom is -0.409 e. The van der Waals surface area contributed by atoms with Gasteiger partial charge in [0.15, 0.2) is 0 Å². The highest BCUT2D eigenvalue weighted by molar-refractivity contribution is 8.01. The fourth-order valence-electron chi connectivity index (χ4n) is 2.13. The zero-order chi connectivity index (χ0) is 14.4. The summed E-state index contributed by atoms with van der Waals surface area (Å²) >= 11 is 1.63. The molecular weight excluding hydrogens is 274 g/mol. The van der Waals surface area contributed by atoms with Gasteiger partial charge in [0.1, 0.15) is 5.84 Å². The van der Waals surface area contributed by atoms with E-state index in [-0.39, 0.29) is 17.0 Å². The highest BCUT2D eigenvalue weighted by atomic mass is 32.2. The topological polar surface area (TPSA) is 87.7 Å². The average molecular weight is 293 g/mol. The van der Waals surface area contributed by atoms with E-state index in [0.717, 1.165) is 19.3 Å². The van der Waals surface area contributed by atoms with Gasteiger partial charge in [-0.25, -0.2) is 0 Å². The summed E-state index contributed by atoms with van der Waals surface area (Å²) in [5, 5.41) is 14.2. The van der Waals surface area contributed by atoms with E-state index in [1.807, 2.05) is 12.1 Å². The number of nitrogens with zero attached hydrogens (tertiary/aromatic N) is 1. The lowest BCUT2D eigenvalue weighted by Gasteiger charge is -2.09. The van der Waals surface area contributed by atoms with Gasteiger partial charge in [0, 0.05) is 17.9 Å². The Balaban J connectivity index is 1.67. The molecule has 1 aliphatic heterocycles. The van der Waals surface area contributed by atoms with Crippen LogP contribution >= 0.6 is 11.8 Å². The number of nitrogens with one attached hydrogen (secondary N) is 1. The number of carbonyl (C=O) groups excluding carboxylic acids is 1. The summed E-state index contributed by atoms with van der Waals surface area (Å²) in [4.78, 5) is 13.3. The van der Waals surface area contributed by atoms with Crippen molar-refractivity contribution in [1.29, 1.82) is 0 Å². The predicted octanol–water partition coefficient (Wildman–Crippen LogP) is 1.74. The van der Waals surface area contributed by atoms with E-state index in [4.69, 9.17) is 10.9 Å². The second-order valence-electron chi connectivity index (χ2n) is 4.76. The van der Waals surface area contributed by atoms with Crippen molar-refractivity contribution < 1.29 is 10.0 Å². The molecule has 108 valence electrons. The molecule has 1 aromatic carbocycles. The molecule has 0 saturated heterocycles. The Hall–Kier alpha value is -1.69. The number of amidine groups is 1. The van der Waals surface area contributed by atoms with Crippen molar-refractivity contribution >= 4 is 23.5 Å². The van der Waals surface area contributed by atoms with Crippen molar-refractivity contribution in [3.63, 3.8) is 0 Å². The van der Waals surface area contributed by atoms with Crippen molar-refractivity contribution in [2.45, 2.75) is 35.8 Å². The van der Waals surface area contributed by atoms with E-state index in [9.17, 15) is 4.79 Å². The number of unbranched alkanes of at least 4 members (excludes halogenated alkanes) is 1. The zero-order valence-corrected chi connectivity index (χ0v) is 12.0. The second-order valence-corrected chi connectivity index (χ2v) is 6.00. The first kappa shape index (κ1) is 14.7. The van der Waals surface area contributed by atoms with E-state index in [0.29, 0.717) is 13.0 Å². The Kier molecular flexibility index (Phi) is 5.29. The summed E-state index contributed by atoms with van der Waals surface area (Å²) in [6.45, 7) is 0.630. The summed E-state index contributed by atoms with van der Waals surface area (Å²) < 4.78 is 0. The highest BCUT2D eigenvalue weighted by Crippen LogP contribution is 2.36. The Labute approximate surface area is 122 Å². The van der Waals surface area contributed by atoms with Crippen molar-refractivity contribution in [3.8, 4) is 0 Å². The van der Waals surface area contributed by atoms with Gasteiger partial charge in [-0.1, -0.05) is 23.4 Å². The molecule has 1 heterocycles. The van der Waals surface area contributed by atoms with Crippen LogP contribution in [0.3, 0.4) is 0 Å². The van der Waals surface area contributed by atoms with Crippen LogP contribution in [0.2, 0.25) is 0 Å². The van der Waals surface area contributed by atoms with Gasteiger partial charge in [0.2, 0.25) is 5.91 Å². The molecule has 1 amide bonds. The van der Waals surface area contributed by atoms with Crippen LogP contribution in [0, 0.1) is 0 Å². The monoisotopic (exact) mass is 293 g/mol. The number of rotatable bonds is 6. The van der Waals surface area contributed by atoms with Crippen molar-refractivity contribution in [3.05, 3.63) is 29.8 Å². The number of benzene rings is 1. The SMILES string of the molecule is NC(CCCCNC(=O)C1Cc2ccccc2S1)=NO. The van der Waals surface area contributed by atoms with Gasteiger partial charge in [0.25, 0.3) is 0 Å². The fraction of sp³-hybridized carbons (Fsp3) is 0.429. The van der Waals surface area contributed by atoms with Crippen LogP contribution in [-0.2, 0) is 11.2 Å². The summed E-state index contributed by atoms with van der Waals surface area (Å²) in [6.07, 6.45) is 2.98. The Morgan fingerprint density at radius 3 is 3.00 bits per heavy atom. The van der Waals surface area contributed by atoms with Gasteiger partial charge in [0.05, 0.1) is 5.25 Å². The van der Waals surface area contributed by atoms with Crippen LogP contribution in [0.5, 0.6) is 0 Å². The minimum absolute atomic E-state index is 0.0172. The lowest BCUT2D eigenvalue weighted by molar-refractivity contribution is -0.120. The van der Waals surface area contributed by atoms with Crippen LogP contribution in [0.15, 0.2) is 34.3 Å². The molecule has 6 heteroatoms. The molecule has 0 bridgehead atoms. The predicted molar refractivity (Wildman–Crippen MR) is 80.1 cm³/mol. The number of carbonyl (C=O) groups is 1. The van der Waals surface area contributed by atoms with E-state index in [1.165, 1.54) is 10.5 Å². The standard InChI is InChI=1S/C14H19N3O2S/c15-13(17-19)7-3-4-8-16-14(18)12-9-10-5-1-2-6-11(10)20-12/h1-2,5-6,12,19H,3-4,7-9H2,(H2,15,17)(H,16,18). The lowest BCUT2D eigenvalue weighted by Crippen LogP contribution is -2.33. The van der Waals surface area contributed by atoms with Gasteiger partial charge < -0.3 is 16.3 Å². The van der Waals surface area contributed by atoms with Crippen LogP contribution < -0.4 is 11.1 Å². The number of hydrogen-bond acceptors (Lipinski definition) is 4. The largest absolute Gasteiger partial charge is 0.409 e. The molecule has 1 aliphatic rings.